The predicted octanol–water partition coefficient (Wildman–Crippen LogP) is 2.54. The number of rotatable bonds is 6. The first kappa shape index (κ1) is 11.2. The highest BCUT2D eigenvalue weighted by atomic mass is 16.5. The molecule has 2 heteroatoms. The van der Waals surface area contributed by atoms with E-state index in [4.69, 9.17) is 0 Å². The van der Waals surface area contributed by atoms with E-state index in [9.17, 15) is 4.79 Å². The number of ether oxygens (including phenoxy) is 1. The number of esters is 1. The van der Waals surface area contributed by atoms with Gasteiger partial charge in [0.25, 0.3) is 0 Å². The van der Waals surface area contributed by atoms with Crippen LogP contribution in [0.25, 0.3) is 0 Å². The van der Waals surface area contributed by atoms with Crippen LogP contribution in [0.15, 0.2) is 12.7 Å². The van der Waals surface area contributed by atoms with Crippen molar-refractivity contribution in [3.8, 4) is 0 Å². The molecule has 0 saturated heterocycles. The summed E-state index contributed by atoms with van der Waals surface area (Å²) >= 11 is 0. The number of carbonyl (C=O) groups excluding carboxylic acids is 1. The fourth-order valence-corrected chi connectivity index (χ4v) is 0.956. The molecule has 0 amide bonds. The molecule has 0 spiro atoms. The van der Waals surface area contributed by atoms with Crippen molar-refractivity contribution in [3.05, 3.63) is 12.7 Å². The third-order valence-corrected chi connectivity index (χ3v) is 1.92. The van der Waals surface area contributed by atoms with Gasteiger partial charge in [-0.05, 0) is 18.8 Å². The number of allylic oxidation sites excluding steroid dienone is 1. The Labute approximate surface area is 74.6 Å². The summed E-state index contributed by atoms with van der Waals surface area (Å²) < 4.78 is 4.52. The summed E-state index contributed by atoms with van der Waals surface area (Å²) in [6.07, 6.45) is 5.59. The zero-order valence-corrected chi connectivity index (χ0v) is 8.01. The van der Waals surface area contributed by atoms with Gasteiger partial charge in [0.15, 0.2) is 0 Å². The van der Waals surface area contributed by atoms with Crippen LogP contribution in [0.1, 0.15) is 32.6 Å². The smallest absolute Gasteiger partial charge is 0.305 e. The molecule has 0 radical (unpaired) electrons. The lowest BCUT2D eigenvalue weighted by molar-refractivity contribution is -0.140. The maximum absolute atomic E-state index is 10.7. The van der Waals surface area contributed by atoms with Crippen LogP contribution in [0.4, 0.5) is 0 Å². The van der Waals surface area contributed by atoms with Gasteiger partial charge in [0.1, 0.15) is 0 Å². The number of hydrogen-bond donors (Lipinski definition) is 0. The van der Waals surface area contributed by atoms with E-state index < -0.39 is 0 Å². The van der Waals surface area contributed by atoms with Crippen LogP contribution >= 0.6 is 0 Å². The second kappa shape index (κ2) is 6.89. The van der Waals surface area contributed by atoms with Crippen LogP contribution in [0.5, 0.6) is 0 Å². The minimum absolute atomic E-state index is 0.110. The van der Waals surface area contributed by atoms with Crippen LogP contribution in [0.3, 0.4) is 0 Å². The fraction of sp³-hybridized carbons (Fsp3) is 0.700. The minimum Gasteiger partial charge on any atom is -0.469 e. The first-order valence-corrected chi connectivity index (χ1v) is 4.40. The standard InChI is InChI=1S/C10H18O2/c1-4-9(2)7-5-6-8-10(11)12-3/h4,9H,1,5-8H2,2-3H3/t9-/m0/s1. The van der Waals surface area contributed by atoms with Gasteiger partial charge in [-0.25, -0.2) is 0 Å². The molecule has 70 valence electrons. The van der Waals surface area contributed by atoms with E-state index >= 15 is 0 Å². The van der Waals surface area contributed by atoms with Crippen molar-refractivity contribution in [2.75, 3.05) is 7.11 Å². The van der Waals surface area contributed by atoms with Gasteiger partial charge in [-0.3, -0.25) is 4.79 Å². The van der Waals surface area contributed by atoms with Crippen molar-refractivity contribution in [3.63, 3.8) is 0 Å². The second-order valence-electron chi connectivity index (χ2n) is 3.03. The molecule has 0 aromatic rings. The van der Waals surface area contributed by atoms with Crippen LogP contribution in [0.2, 0.25) is 0 Å². The first-order chi connectivity index (χ1) is 5.70. The highest BCUT2D eigenvalue weighted by Crippen LogP contribution is 2.09. The fourth-order valence-electron chi connectivity index (χ4n) is 0.956. The first-order valence-electron chi connectivity index (χ1n) is 4.40. The molecule has 0 unspecified atom stereocenters. The van der Waals surface area contributed by atoms with Crippen LogP contribution in [0, 0.1) is 5.92 Å². The second-order valence-corrected chi connectivity index (χ2v) is 3.03. The molecule has 0 N–H and O–H groups in total. The van der Waals surface area contributed by atoms with Crippen LogP contribution < -0.4 is 0 Å². The van der Waals surface area contributed by atoms with Crippen molar-refractivity contribution < 1.29 is 9.53 Å². The van der Waals surface area contributed by atoms with Crippen molar-refractivity contribution in [2.24, 2.45) is 5.92 Å². The third-order valence-electron chi connectivity index (χ3n) is 1.92. The molecular weight excluding hydrogens is 152 g/mol. The topological polar surface area (TPSA) is 26.3 Å². The Balaban J connectivity index is 3.21. The van der Waals surface area contributed by atoms with Gasteiger partial charge in [-0.2, -0.15) is 0 Å². The van der Waals surface area contributed by atoms with Gasteiger partial charge in [-0.1, -0.05) is 19.4 Å². The molecule has 0 aliphatic carbocycles. The SMILES string of the molecule is C=C[C@H](C)CCCCC(=O)OC. The molecule has 0 bridgehead atoms. The summed E-state index contributed by atoms with van der Waals surface area (Å²) in [7, 11) is 1.43. The summed E-state index contributed by atoms with van der Waals surface area (Å²) in [5.41, 5.74) is 0. The van der Waals surface area contributed by atoms with Crippen molar-refractivity contribution in [1.82, 2.24) is 0 Å². The van der Waals surface area contributed by atoms with E-state index in [1.807, 2.05) is 6.08 Å². The summed E-state index contributed by atoms with van der Waals surface area (Å²) in [6, 6.07) is 0. The number of carbonyl (C=O) groups is 1. The molecule has 0 fully saturated rings. The minimum atomic E-state index is -0.110. The van der Waals surface area contributed by atoms with E-state index in [-0.39, 0.29) is 5.97 Å². The van der Waals surface area contributed by atoms with Gasteiger partial charge in [0.2, 0.25) is 0 Å². The Hall–Kier alpha value is -0.790. The van der Waals surface area contributed by atoms with E-state index in [1.165, 1.54) is 7.11 Å². The van der Waals surface area contributed by atoms with Gasteiger partial charge in [-0.15, -0.1) is 6.58 Å². The Morgan fingerprint density at radius 2 is 2.25 bits per heavy atom. The molecule has 12 heavy (non-hydrogen) atoms. The molecule has 0 heterocycles. The Morgan fingerprint density at radius 3 is 2.75 bits per heavy atom. The lowest BCUT2D eigenvalue weighted by Gasteiger charge is -2.03. The van der Waals surface area contributed by atoms with E-state index in [0.717, 1.165) is 19.3 Å². The normalized spacial score (nSPS) is 12.2. The number of hydrogen-bond acceptors (Lipinski definition) is 2. The van der Waals surface area contributed by atoms with Crippen molar-refractivity contribution >= 4 is 5.97 Å². The Kier molecular flexibility index (Phi) is 6.44. The molecule has 1 atom stereocenters. The monoisotopic (exact) mass is 170 g/mol. The molecule has 0 aromatic carbocycles. The largest absolute Gasteiger partial charge is 0.469 e. The maximum Gasteiger partial charge on any atom is 0.305 e. The lowest BCUT2D eigenvalue weighted by atomic mass is 10.0. The predicted molar refractivity (Wildman–Crippen MR) is 49.8 cm³/mol. The summed E-state index contributed by atoms with van der Waals surface area (Å²) in [4.78, 5) is 10.7. The summed E-state index contributed by atoms with van der Waals surface area (Å²) in [6.45, 7) is 5.83. The average Bonchev–Trinajstić information content (AvgIpc) is 2.11. The Bertz CT molecular complexity index is 141. The highest BCUT2D eigenvalue weighted by Gasteiger charge is 2.00. The zero-order valence-electron chi connectivity index (χ0n) is 8.01. The molecule has 0 aliphatic heterocycles. The number of unbranched alkanes of at least 4 members (excludes halogenated alkanes) is 1. The van der Waals surface area contributed by atoms with Gasteiger partial charge in [0.05, 0.1) is 7.11 Å². The Morgan fingerprint density at radius 1 is 1.58 bits per heavy atom. The van der Waals surface area contributed by atoms with E-state index in [2.05, 4.69) is 18.2 Å². The quantitative estimate of drug-likeness (QED) is 0.348. The average molecular weight is 170 g/mol. The van der Waals surface area contributed by atoms with Gasteiger partial charge < -0.3 is 4.74 Å². The van der Waals surface area contributed by atoms with Crippen LogP contribution in [-0.4, -0.2) is 13.1 Å². The number of methoxy groups -OCH3 is 1. The molecule has 0 aromatic heterocycles. The molecule has 0 rings (SSSR count). The van der Waals surface area contributed by atoms with E-state index in [0.29, 0.717) is 12.3 Å². The molecule has 0 aliphatic rings. The highest BCUT2D eigenvalue weighted by molar-refractivity contribution is 5.68. The molecule has 2 nitrogen and oxygen atoms in total. The van der Waals surface area contributed by atoms with Crippen LogP contribution in [-0.2, 0) is 9.53 Å². The molecular formula is C10H18O2. The summed E-state index contributed by atoms with van der Waals surface area (Å²) in [5.74, 6) is 0.448. The zero-order chi connectivity index (χ0) is 9.40. The van der Waals surface area contributed by atoms with Crippen molar-refractivity contribution in [2.45, 2.75) is 32.6 Å². The lowest BCUT2D eigenvalue weighted by Crippen LogP contribution is -1.99. The summed E-state index contributed by atoms with van der Waals surface area (Å²) in [5, 5.41) is 0. The molecule has 0 saturated carbocycles. The maximum atomic E-state index is 10.7. The third kappa shape index (κ3) is 5.96. The van der Waals surface area contributed by atoms with Gasteiger partial charge >= 0.3 is 5.97 Å². The van der Waals surface area contributed by atoms with E-state index in [1.54, 1.807) is 0 Å². The van der Waals surface area contributed by atoms with Gasteiger partial charge in [0, 0.05) is 6.42 Å². The van der Waals surface area contributed by atoms with Crippen molar-refractivity contribution in [1.29, 1.82) is 0 Å².